The highest BCUT2D eigenvalue weighted by Gasteiger charge is 2.44. The Balaban J connectivity index is 1.72. The second kappa shape index (κ2) is 14.5. The third-order valence-corrected chi connectivity index (χ3v) is 7.52. The molecule has 2 aromatic rings. The van der Waals surface area contributed by atoms with E-state index >= 15 is 0 Å². The van der Waals surface area contributed by atoms with Crippen molar-refractivity contribution in [3.63, 3.8) is 0 Å². The summed E-state index contributed by atoms with van der Waals surface area (Å²) in [6.07, 6.45) is 0.257. The van der Waals surface area contributed by atoms with Crippen LogP contribution in [0.15, 0.2) is 34.3 Å². The van der Waals surface area contributed by atoms with Crippen LogP contribution in [0.5, 0.6) is 5.75 Å². The molecule has 2 aliphatic heterocycles. The number of methoxy groups -OCH3 is 1. The highest BCUT2D eigenvalue weighted by Crippen LogP contribution is 2.36. The third-order valence-electron chi connectivity index (χ3n) is 7.52. The van der Waals surface area contributed by atoms with Crippen molar-refractivity contribution >= 4 is 23.7 Å². The molecule has 0 radical (unpaired) electrons. The minimum absolute atomic E-state index is 0.0150. The van der Waals surface area contributed by atoms with E-state index in [0.717, 1.165) is 6.07 Å². The number of carbonyl (C=O) groups excluding carboxylic acids is 3. The maximum Gasteiger partial charge on any atom is 0.511 e. The average molecular weight is 635 g/mol. The zero-order valence-corrected chi connectivity index (χ0v) is 25.6. The highest BCUT2D eigenvalue weighted by molar-refractivity contribution is 5.99. The monoisotopic (exact) mass is 634 g/mol. The van der Waals surface area contributed by atoms with E-state index in [4.69, 9.17) is 23.8 Å². The fourth-order valence-electron chi connectivity index (χ4n) is 4.98. The summed E-state index contributed by atoms with van der Waals surface area (Å²) in [7, 11) is 1.44. The van der Waals surface area contributed by atoms with Crippen molar-refractivity contribution in [1.29, 1.82) is 0 Å². The van der Waals surface area contributed by atoms with Gasteiger partial charge in [-0.1, -0.05) is 11.2 Å². The molecule has 3 heterocycles. The number of benzene rings is 1. The topological polar surface area (TPSA) is 147 Å². The van der Waals surface area contributed by atoms with Gasteiger partial charge in [-0.25, -0.2) is 13.6 Å². The van der Waals surface area contributed by atoms with Gasteiger partial charge in [0.15, 0.2) is 5.69 Å². The van der Waals surface area contributed by atoms with Gasteiger partial charge < -0.3 is 38.6 Å². The molecule has 0 spiro atoms. The number of nitrogens with one attached hydrogen (secondary N) is 1. The molecule has 4 rings (SSSR count). The number of oxime groups is 1. The van der Waals surface area contributed by atoms with Crippen LogP contribution < -0.4 is 15.5 Å². The smallest absolute Gasteiger partial charge is 0.451 e. The van der Waals surface area contributed by atoms with E-state index in [9.17, 15) is 28.0 Å². The lowest BCUT2D eigenvalue weighted by molar-refractivity contribution is -0.0201. The number of aromatic nitrogens is 1. The lowest BCUT2D eigenvalue weighted by Gasteiger charge is -2.38. The summed E-state index contributed by atoms with van der Waals surface area (Å²) in [6.45, 7) is 5.98. The summed E-state index contributed by atoms with van der Waals surface area (Å²) in [5.74, 6) is -3.63. The number of halogens is 2. The minimum Gasteiger partial charge on any atom is -0.451 e. The van der Waals surface area contributed by atoms with Gasteiger partial charge in [-0.05, 0) is 46.6 Å². The Labute approximate surface area is 258 Å². The number of rotatable bonds is 11. The van der Waals surface area contributed by atoms with E-state index in [1.54, 1.807) is 25.7 Å². The summed E-state index contributed by atoms with van der Waals surface area (Å²) in [6, 6.07) is 2.07. The van der Waals surface area contributed by atoms with Gasteiger partial charge in [0.25, 0.3) is 11.8 Å². The number of carbonyl (C=O) groups is 3. The van der Waals surface area contributed by atoms with Crippen LogP contribution in [0.3, 0.4) is 0 Å². The summed E-state index contributed by atoms with van der Waals surface area (Å²) in [5.41, 5.74) is -0.915. The van der Waals surface area contributed by atoms with Gasteiger partial charge in [-0.2, -0.15) is 0 Å². The number of pyridine rings is 1. The molecule has 2 bridgehead atoms. The molecule has 1 aromatic carbocycles. The van der Waals surface area contributed by atoms with Crippen molar-refractivity contribution in [3.8, 4) is 5.75 Å². The Kier molecular flexibility index (Phi) is 10.8. The Hall–Kier alpha value is -4.53. The fourth-order valence-corrected chi connectivity index (χ4v) is 4.98. The second-order valence-electron chi connectivity index (χ2n) is 11.0. The van der Waals surface area contributed by atoms with Gasteiger partial charge >= 0.3 is 6.16 Å². The number of nitrogens with zero attached hydrogens (tertiary/aromatic N) is 3. The molecule has 1 saturated heterocycles. The highest BCUT2D eigenvalue weighted by atomic mass is 19.1. The molecule has 1 aromatic heterocycles. The molecule has 1 N–H and O–H groups in total. The van der Waals surface area contributed by atoms with Crippen LogP contribution in [-0.4, -0.2) is 78.5 Å². The molecule has 1 fully saturated rings. The van der Waals surface area contributed by atoms with Crippen molar-refractivity contribution in [3.05, 3.63) is 63.1 Å². The van der Waals surface area contributed by atoms with Gasteiger partial charge in [0.2, 0.25) is 18.0 Å². The normalized spacial score (nSPS) is 19.5. The summed E-state index contributed by atoms with van der Waals surface area (Å²) >= 11 is 0. The maximum atomic E-state index is 14.2. The molecule has 13 nitrogen and oxygen atoms in total. The van der Waals surface area contributed by atoms with E-state index in [2.05, 4.69) is 10.5 Å². The van der Waals surface area contributed by atoms with Crippen LogP contribution in [0.1, 0.15) is 73.0 Å². The van der Waals surface area contributed by atoms with Crippen molar-refractivity contribution in [2.24, 2.45) is 5.16 Å². The molecule has 2 aliphatic rings. The number of hydrogen-bond acceptors (Lipinski definition) is 10. The lowest BCUT2D eigenvalue weighted by atomic mass is 10.0. The average Bonchev–Trinajstić information content (AvgIpc) is 3.14. The van der Waals surface area contributed by atoms with Gasteiger partial charge in [-0.15, -0.1) is 0 Å². The molecule has 0 aliphatic carbocycles. The van der Waals surface area contributed by atoms with Gasteiger partial charge in [0.1, 0.15) is 29.9 Å². The number of amides is 2. The summed E-state index contributed by atoms with van der Waals surface area (Å²) in [4.78, 5) is 60.4. The van der Waals surface area contributed by atoms with E-state index in [-0.39, 0.29) is 37.0 Å². The van der Waals surface area contributed by atoms with Crippen LogP contribution >= 0.6 is 0 Å². The molecule has 2 amide bonds. The zero-order valence-electron chi connectivity index (χ0n) is 25.6. The third kappa shape index (κ3) is 7.77. The summed E-state index contributed by atoms with van der Waals surface area (Å²) < 4.78 is 49.5. The van der Waals surface area contributed by atoms with E-state index in [1.807, 2.05) is 6.92 Å². The van der Waals surface area contributed by atoms with Crippen LogP contribution in [0, 0.1) is 11.6 Å². The first-order chi connectivity index (χ1) is 21.4. The van der Waals surface area contributed by atoms with Crippen LogP contribution in [0.25, 0.3) is 0 Å². The van der Waals surface area contributed by atoms with Crippen molar-refractivity contribution in [2.75, 3.05) is 27.1 Å². The molecule has 0 saturated carbocycles. The first-order valence-corrected chi connectivity index (χ1v) is 14.4. The van der Waals surface area contributed by atoms with E-state index in [1.165, 1.54) is 23.9 Å². The second-order valence-corrected chi connectivity index (χ2v) is 11.0. The first kappa shape index (κ1) is 33.4. The fraction of sp³-hybridized carbons (Fsp3) is 0.500. The van der Waals surface area contributed by atoms with Gasteiger partial charge in [-0.3, -0.25) is 14.4 Å². The lowest BCUT2D eigenvalue weighted by Crippen LogP contribution is -2.49. The van der Waals surface area contributed by atoms with Crippen LogP contribution in [0.2, 0.25) is 0 Å². The zero-order chi connectivity index (χ0) is 32.8. The van der Waals surface area contributed by atoms with Crippen molar-refractivity contribution in [2.45, 2.75) is 71.4 Å². The SMILES string of the molecule is CO[C@@H](C)COC(=O)OCOc1c2n(cc(C(=O)NCc3ccc(F)cc3F)c1=O)C1CN(C2=O)[C@@H](C)CC[C@H]1ON=C(C)C. The predicted octanol–water partition coefficient (Wildman–Crippen LogP) is 3.54. The number of hydrogen-bond donors (Lipinski definition) is 1. The number of fused-ring (bicyclic) bond motifs is 4. The minimum atomic E-state index is -1.11. The molecule has 4 atom stereocenters. The van der Waals surface area contributed by atoms with E-state index < -0.39 is 71.4 Å². The van der Waals surface area contributed by atoms with Crippen LogP contribution in [-0.2, 0) is 25.6 Å². The molecule has 244 valence electrons. The summed E-state index contributed by atoms with van der Waals surface area (Å²) in [5, 5.41) is 6.58. The van der Waals surface area contributed by atoms with Crippen molar-refractivity contribution < 1.29 is 46.9 Å². The Morgan fingerprint density at radius 1 is 1.16 bits per heavy atom. The van der Waals surface area contributed by atoms with E-state index in [0.29, 0.717) is 24.6 Å². The Bertz CT molecular complexity index is 1530. The largest absolute Gasteiger partial charge is 0.511 e. The van der Waals surface area contributed by atoms with Gasteiger partial charge in [0.05, 0.1) is 17.9 Å². The predicted molar refractivity (Wildman–Crippen MR) is 155 cm³/mol. The Morgan fingerprint density at radius 3 is 2.60 bits per heavy atom. The first-order valence-electron chi connectivity index (χ1n) is 14.4. The quantitative estimate of drug-likeness (QED) is 0.170. The Morgan fingerprint density at radius 2 is 1.91 bits per heavy atom. The molecular formula is C30H36F2N4O9. The molecule has 1 unspecified atom stereocenters. The number of ether oxygens (including phenoxy) is 4. The van der Waals surface area contributed by atoms with Gasteiger partial charge in [0, 0.05) is 44.1 Å². The van der Waals surface area contributed by atoms with Crippen LogP contribution in [0.4, 0.5) is 13.6 Å². The molecular weight excluding hydrogens is 598 g/mol. The maximum absolute atomic E-state index is 14.2. The molecule has 15 heteroatoms. The van der Waals surface area contributed by atoms with Crippen molar-refractivity contribution in [1.82, 2.24) is 14.8 Å². The molecule has 45 heavy (non-hydrogen) atoms. The standard InChI is InChI=1S/C30H36F2N4O9/c1-16(2)34-45-24-9-6-17(3)35-13-23(24)36-12-21(28(38)33-11-19-7-8-20(31)10-22(19)32)26(37)27(25(36)29(35)39)43-15-44-30(40)42-14-18(4)41-5/h7-8,10,12,17-18,23-24H,6,9,11,13-15H2,1-5H3,(H,33,38)/t17-,18-,23?,24+/m0/s1.